The van der Waals surface area contributed by atoms with E-state index in [2.05, 4.69) is 22.6 Å². The number of likely N-dealkylation sites (N-methyl/N-ethyl adjacent to an activating group) is 1. The fourth-order valence-electron chi connectivity index (χ4n) is 3.67. The highest BCUT2D eigenvalue weighted by Gasteiger charge is 2.18. The summed E-state index contributed by atoms with van der Waals surface area (Å²) in [5, 5.41) is 6.47. The highest BCUT2D eigenvalue weighted by atomic mass is 35.5. The number of rotatable bonds is 7. The molecule has 1 aliphatic heterocycles. The largest absolute Gasteiger partial charge is 0.355 e. The average molecular weight is 368 g/mol. The van der Waals surface area contributed by atoms with Crippen LogP contribution < -0.4 is 10.6 Å². The van der Waals surface area contributed by atoms with Crippen molar-refractivity contribution in [1.29, 1.82) is 0 Å². The lowest BCUT2D eigenvalue weighted by Crippen LogP contribution is -2.39. The zero-order valence-corrected chi connectivity index (χ0v) is 16.2. The molecule has 23 heavy (non-hydrogen) atoms. The van der Waals surface area contributed by atoms with Gasteiger partial charge in [0.1, 0.15) is 0 Å². The van der Waals surface area contributed by atoms with Gasteiger partial charge in [0, 0.05) is 25.6 Å². The number of amides is 1. The smallest absolute Gasteiger partial charge is 0.220 e. The van der Waals surface area contributed by atoms with Crippen molar-refractivity contribution in [2.45, 2.75) is 63.8 Å². The van der Waals surface area contributed by atoms with Gasteiger partial charge < -0.3 is 15.5 Å². The molecule has 1 saturated heterocycles. The average Bonchev–Trinajstić information content (AvgIpc) is 2.54. The lowest BCUT2D eigenvalue weighted by atomic mass is 9.93. The Balaban J connectivity index is 0.00000242. The number of nitrogens with one attached hydrogen (secondary N) is 2. The molecule has 4 nitrogen and oxygen atoms in total. The Morgan fingerprint density at radius 1 is 1.09 bits per heavy atom. The van der Waals surface area contributed by atoms with Gasteiger partial charge in [-0.05, 0) is 58.2 Å². The fraction of sp³-hybridized carbons (Fsp3) is 0.941. The van der Waals surface area contributed by atoms with Crippen LogP contribution in [0.15, 0.2) is 0 Å². The number of nitrogens with zero attached hydrogens (tertiary/aromatic N) is 1. The van der Waals surface area contributed by atoms with Crippen LogP contribution in [0.5, 0.6) is 0 Å². The molecule has 138 valence electrons. The highest BCUT2D eigenvalue weighted by Crippen LogP contribution is 2.21. The molecule has 0 bridgehead atoms. The maximum Gasteiger partial charge on any atom is 0.220 e. The van der Waals surface area contributed by atoms with Crippen molar-refractivity contribution < 1.29 is 4.79 Å². The lowest BCUT2D eigenvalue weighted by Gasteiger charge is -2.31. The Morgan fingerprint density at radius 2 is 1.74 bits per heavy atom. The Kier molecular flexibility index (Phi) is 13.3. The molecule has 0 spiro atoms. The second-order valence-corrected chi connectivity index (χ2v) is 6.85. The van der Waals surface area contributed by atoms with Crippen LogP contribution >= 0.6 is 24.8 Å². The van der Waals surface area contributed by atoms with E-state index in [-0.39, 0.29) is 30.7 Å². The van der Waals surface area contributed by atoms with Crippen LogP contribution in [-0.2, 0) is 4.79 Å². The number of hydrogen-bond acceptors (Lipinski definition) is 3. The first-order valence-corrected chi connectivity index (χ1v) is 8.93. The molecule has 0 aromatic rings. The molecule has 1 aliphatic carbocycles. The second-order valence-electron chi connectivity index (χ2n) is 6.85. The van der Waals surface area contributed by atoms with Gasteiger partial charge in [0.05, 0.1) is 0 Å². The van der Waals surface area contributed by atoms with Gasteiger partial charge in [-0.25, -0.2) is 0 Å². The maximum absolute atomic E-state index is 11.9. The quantitative estimate of drug-likeness (QED) is 0.726. The number of halogens is 2. The summed E-state index contributed by atoms with van der Waals surface area (Å²) in [6, 6.07) is 0.741. The fourth-order valence-corrected chi connectivity index (χ4v) is 3.67. The van der Waals surface area contributed by atoms with Crippen LogP contribution in [0.25, 0.3) is 0 Å². The van der Waals surface area contributed by atoms with Gasteiger partial charge in [-0.3, -0.25) is 4.79 Å². The molecule has 0 unspecified atom stereocenters. The molecular formula is C17H35Cl2N3O. The van der Waals surface area contributed by atoms with Crippen LogP contribution in [0, 0.1) is 5.92 Å². The molecule has 2 rings (SSSR count). The molecule has 2 aliphatic rings. The van der Waals surface area contributed by atoms with E-state index in [4.69, 9.17) is 0 Å². The minimum atomic E-state index is 0. The van der Waals surface area contributed by atoms with Crippen molar-refractivity contribution in [3.63, 3.8) is 0 Å². The van der Waals surface area contributed by atoms with Crippen molar-refractivity contribution in [2.75, 3.05) is 33.2 Å². The van der Waals surface area contributed by atoms with Gasteiger partial charge in [0.2, 0.25) is 5.91 Å². The monoisotopic (exact) mass is 367 g/mol. The van der Waals surface area contributed by atoms with E-state index in [9.17, 15) is 4.79 Å². The first kappa shape index (κ1) is 23.0. The molecule has 2 N–H and O–H groups in total. The molecule has 1 amide bonds. The summed E-state index contributed by atoms with van der Waals surface area (Å²) in [5.74, 6) is 0.993. The summed E-state index contributed by atoms with van der Waals surface area (Å²) >= 11 is 0. The van der Waals surface area contributed by atoms with Gasteiger partial charge in [0.25, 0.3) is 0 Å². The minimum absolute atomic E-state index is 0. The molecule has 1 heterocycles. The summed E-state index contributed by atoms with van der Waals surface area (Å²) in [5.41, 5.74) is 0. The highest BCUT2D eigenvalue weighted by molar-refractivity contribution is 5.85. The second kappa shape index (κ2) is 13.3. The van der Waals surface area contributed by atoms with E-state index in [0.717, 1.165) is 44.6 Å². The molecule has 6 heteroatoms. The topological polar surface area (TPSA) is 44.4 Å². The van der Waals surface area contributed by atoms with E-state index >= 15 is 0 Å². The standard InChI is InChI=1S/C17H33N3O.2ClH/c1-20(16-5-3-2-4-6-16)14-13-19-17(21)8-7-15-9-11-18-12-10-15;;/h15-16,18H,2-14H2,1H3,(H,19,21);2*1H. The van der Waals surface area contributed by atoms with E-state index < -0.39 is 0 Å². The predicted octanol–water partition coefficient (Wildman–Crippen LogP) is 2.99. The van der Waals surface area contributed by atoms with Crippen molar-refractivity contribution in [1.82, 2.24) is 15.5 Å². The molecular weight excluding hydrogens is 333 g/mol. The van der Waals surface area contributed by atoms with Gasteiger partial charge >= 0.3 is 0 Å². The first-order valence-electron chi connectivity index (χ1n) is 8.93. The zero-order valence-electron chi connectivity index (χ0n) is 14.5. The normalized spacial score (nSPS) is 19.7. The number of carbonyl (C=O) groups excluding carboxylic acids is 1. The van der Waals surface area contributed by atoms with Crippen molar-refractivity contribution >= 4 is 30.7 Å². The Hall–Kier alpha value is -0.0300. The molecule has 2 fully saturated rings. The van der Waals surface area contributed by atoms with Crippen molar-refractivity contribution in [3.8, 4) is 0 Å². The van der Waals surface area contributed by atoms with Gasteiger partial charge in [-0.2, -0.15) is 0 Å². The van der Waals surface area contributed by atoms with Gasteiger partial charge in [-0.1, -0.05) is 19.3 Å². The third-order valence-electron chi connectivity index (χ3n) is 5.22. The SMILES string of the molecule is CN(CCNC(=O)CCC1CCNCC1)C1CCCCC1.Cl.Cl. The Labute approximate surface area is 154 Å². The maximum atomic E-state index is 11.9. The zero-order chi connectivity index (χ0) is 14.9. The molecule has 0 radical (unpaired) electrons. The Bertz CT molecular complexity index is 306. The van der Waals surface area contributed by atoms with Crippen LogP contribution in [0.4, 0.5) is 0 Å². The third kappa shape index (κ3) is 9.13. The summed E-state index contributed by atoms with van der Waals surface area (Å²) in [6.45, 7) is 4.04. The summed E-state index contributed by atoms with van der Waals surface area (Å²) in [4.78, 5) is 14.3. The van der Waals surface area contributed by atoms with Crippen LogP contribution in [-0.4, -0.2) is 50.1 Å². The van der Waals surface area contributed by atoms with E-state index in [1.54, 1.807) is 0 Å². The third-order valence-corrected chi connectivity index (χ3v) is 5.22. The summed E-state index contributed by atoms with van der Waals surface area (Å²) in [6.07, 6.45) is 11.0. The summed E-state index contributed by atoms with van der Waals surface area (Å²) < 4.78 is 0. The van der Waals surface area contributed by atoms with E-state index in [1.165, 1.54) is 44.9 Å². The minimum Gasteiger partial charge on any atom is -0.355 e. The first-order chi connectivity index (χ1) is 10.3. The van der Waals surface area contributed by atoms with Crippen molar-refractivity contribution in [2.24, 2.45) is 5.92 Å². The van der Waals surface area contributed by atoms with E-state index in [0.29, 0.717) is 6.42 Å². The number of piperidine rings is 1. The van der Waals surface area contributed by atoms with Gasteiger partial charge in [0.15, 0.2) is 0 Å². The van der Waals surface area contributed by atoms with Crippen molar-refractivity contribution in [3.05, 3.63) is 0 Å². The predicted molar refractivity (Wildman–Crippen MR) is 102 cm³/mol. The number of carbonyl (C=O) groups is 1. The summed E-state index contributed by atoms with van der Waals surface area (Å²) in [7, 11) is 2.21. The Morgan fingerprint density at radius 3 is 2.39 bits per heavy atom. The molecule has 1 saturated carbocycles. The van der Waals surface area contributed by atoms with Crippen LogP contribution in [0.2, 0.25) is 0 Å². The number of hydrogen-bond donors (Lipinski definition) is 2. The molecule has 0 aromatic heterocycles. The van der Waals surface area contributed by atoms with Gasteiger partial charge in [-0.15, -0.1) is 24.8 Å². The lowest BCUT2D eigenvalue weighted by molar-refractivity contribution is -0.121. The van der Waals surface area contributed by atoms with Crippen LogP contribution in [0.1, 0.15) is 57.8 Å². The van der Waals surface area contributed by atoms with Crippen LogP contribution in [0.3, 0.4) is 0 Å². The molecule has 0 aromatic carbocycles. The van der Waals surface area contributed by atoms with E-state index in [1.807, 2.05) is 0 Å². The molecule has 0 atom stereocenters.